The zero-order chi connectivity index (χ0) is 29.7. The minimum atomic E-state index is -0.498. The molecule has 2 atom stereocenters. The molecule has 0 spiro atoms. The summed E-state index contributed by atoms with van der Waals surface area (Å²) in [6.45, 7) is 2.03. The number of hydrogen-bond donors (Lipinski definition) is 4. The van der Waals surface area contributed by atoms with Crippen LogP contribution in [0.5, 0.6) is 5.75 Å². The van der Waals surface area contributed by atoms with Gasteiger partial charge in [-0.3, -0.25) is 9.78 Å². The topological polar surface area (TPSA) is 129 Å². The molecule has 42 heavy (non-hydrogen) atoms. The number of hydrogen-bond acceptors (Lipinski definition) is 8. The number of aromatic nitrogens is 1. The van der Waals surface area contributed by atoms with Crippen LogP contribution < -0.4 is 20.7 Å². The van der Waals surface area contributed by atoms with Crippen molar-refractivity contribution in [1.29, 1.82) is 5.26 Å². The number of unbranched alkanes of at least 4 members (excludes halogenated alkanes) is 2. The fourth-order valence-electron chi connectivity index (χ4n) is 4.73. The van der Waals surface area contributed by atoms with Crippen LogP contribution in [0.4, 0.5) is 17.1 Å². The number of benzene rings is 2. The fourth-order valence-corrected chi connectivity index (χ4v) is 4.73. The summed E-state index contributed by atoms with van der Waals surface area (Å²) in [6.07, 6.45) is 14.4. The van der Waals surface area contributed by atoms with Gasteiger partial charge in [-0.2, -0.15) is 5.26 Å². The average Bonchev–Trinajstić information content (AvgIpc) is 3.51. The second-order valence-corrected chi connectivity index (χ2v) is 10.2. The fraction of sp³-hybridized carbons (Fsp3) is 0.364. The van der Waals surface area contributed by atoms with E-state index < -0.39 is 6.10 Å². The number of pyridine rings is 1. The molecule has 1 saturated heterocycles. The van der Waals surface area contributed by atoms with Crippen molar-refractivity contribution in [2.75, 3.05) is 37.4 Å². The predicted octanol–water partition coefficient (Wildman–Crippen LogP) is 5.02. The maximum Gasteiger partial charge on any atom is 0.248 e. The number of amides is 1. The number of ether oxygens (including phenoxy) is 2. The average molecular weight is 568 g/mol. The third-order valence-corrected chi connectivity index (χ3v) is 6.97. The van der Waals surface area contributed by atoms with Crippen molar-refractivity contribution < 1.29 is 19.4 Å². The summed E-state index contributed by atoms with van der Waals surface area (Å²) in [6, 6.07) is 13.0. The molecule has 0 saturated carbocycles. The Hall–Kier alpha value is -4.41. The third kappa shape index (κ3) is 8.55. The summed E-state index contributed by atoms with van der Waals surface area (Å²) >= 11 is 0. The molecule has 3 aromatic rings. The van der Waals surface area contributed by atoms with Crippen molar-refractivity contribution in [2.45, 2.75) is 50.7 Å². The zero-order valence-electron chi connectivity index (χ0n) is 23.9. The smallest absolute Gasteiger partial charge is 0.248 e. The van der Waals surface area contributed by atoms with Gasteiger partial charge in [0.1, 0.15) is 17.9 Å². The first kappa shape index (κ1) is 30.5. The number of fused-ring (bicyclic) bond motifs is 1. The number of terminal acetylenes is 1. The van der Waals surface area contributed by atoms with Crippen molar-refractivity contribution >= 4 is 33.9 Å². The van der Waals surface area contributed by atoms with E-state index in [2.05, 4.69) is 32.9 Å². The van der Waals surface area contributed by atoms with Crippen LogP contribution in [-0.4, -0.2) is 55.0 Å². The Morgan fingerprint density at radius 3 is 2.95 bits per heavy atom. The van der Waals surface area contributed by atoms with Crippen LogP contribution in [0.15, 0.2) is 54.7 Å². The predicted molar refractivity (Wildman–Crippen MR) is 165 cm³/mol. The minimum absolute atomic E-state index is 0.153. The van der Waals surface area contributed by atoms with E-state index in [0.717, 1.165) is 32.2 Å². The van der Waals surface area contributed by atoms with Crippen LogP contribution in [-0.2, 0) is 9.53 Å². The molecule has 4 rings (SSSR count). The largest absolute Gasteiger partial charge is 0.486 e. The van der Waals surface area contributed by atoms with Gasteiger partial charge >= 0.3 is 0 Å². The lowest BCUT2D eigenvalue weighted by atomic mass is 10.1. The number of anilines is 3. The van der Waals surface area contributed by atoms with E-state index in [1.807, 2.05) is 31.3 Å². The SMILES string of the molecule is C#Cc1cccc(Nc2c(C#N)cnc3cc(O[C@H]4CCOC4)c(NC(=O)/C=C/CC(O)CCCCCNC)cc23)c1. The Morgan fingerprint density at radius 2 is 2.19 bits per heavy atom. The van der Waals surface area contributed by atoms with Gasteiger partial charge in [0.2, 0.25) is 5.91 Å². The van der Waals surface area contributed by atoms with Crippen LogP contribution in [0.3, 0.4) is 0 Å². The van der Waals surface area contributed by atoms with Crippen molar-refractivity contribution in [2.24, 2.45) is 0 Å². The molecular formula is C33H37N5O4. The molecular weight excluding hydrogens is 530 g/mol. The summed E-state index contributed by atoms with van der Waals surface area (Å²) in [5.74, 6) is 2.72. The molecule has 1 amide bonds. The summed E-state index contributed by atoms with van der Waals surface area (Å²) < 4.78 is 11.7. The molecule has 1 aliphatic rings. The summed E-state index contributed by atoms with van der Waals surface area (Å²) in [5.41, 5.74) is 3.31. The first-order valence-corrected chi connectivity index (χ1v) is 14.3. The lowest BCUT2D eigenvalue weighted by molar-refractivity contribution is -0.111. The second kappa shape index (κ2) is 15.6. The van der Waals surface area contributed by atoms with Crippen LogP contribution in [0.25, 0.3) is 10.9 Å². The number of aliphatic hydroxyl groups is 1. The number of carbonyl (C=O) groups excluding carboxylic acids is 1. The van der Waals surface area contributed by atoms with Gasteiger partial charge in [-0.15, -0.1) is 6.42 Å². The maximum atomic E-state index is 13.0. The van der Waals surface area contributed by atoms with Gasteiger partial charge in [-0.05, 0) is 63.2 Å². The highest BCUT2D eigenvalue weighted by atomic mass is 16.5. The molecule has 9 nitrogen and oxygen atoms in total. The number of rotatable bonds is 14. The van der Waals surface area contributed by atoms with Gasteiger partial charge in [0, 0.05) is 35.3 Å². The van der Waals surface area contributed by atoms with Gasteiger partial charge in [0.15, 0.2) is 0 Å². The summed E-state index contributed by atoms with van der Waals surface area (Å²) in [7, 11) is 1.93. The van der Waals surface area contributed by atoms with Gasteiger partial charge in [0.25, 0.3) is 0 Å². The Labute approximate surface area is 246 Å². The number of nitrogens with zero attached hydrogens (tertiary/aromatic N) is 2. The molecule has 1 fully saturated rings. The normalized spacial score (nSPS) is 15.3. The monoisotopic (exact) mass is 567 g/mol. The standard InChI is InChI=1S/C33H37N5O4/c1-3-23-9-7-10-25(17-23)37-33-24(20-34)21-36-29-19-31(42-27-14-16-41-22-27)30(18-28(29)33)38-32(40)13-8-12-26(39)11-5-4-6-15-35-2/h1,7-10,13,17-19,21,26-27,35,39H,4-6,11-12,14-16,22H2,2H3,(H,36,37)(H,38,40)/b13-8+/t26?,27-/m0/s1. The Balaban J connectivity index is 1.57. The lowest BCUT2D eigenvalue weighted by Crippen LogP contribution is -2.18. The molecule has 9 heteroatoms. The van der Waals surface area contributed by atoms with Crippen LogP contribution in [0, 0.1) is 23.7 Å². The van der Waals surface area contributed by atoms with Crippen molar-refractivity contribution in [3.63, 3.8) is 0 Å². The summed E-state index contributed by atoms with van der Waals surface area (Å²) in [5, 5.41) is 30.1. The van der Waals surface area contributed by atoms with Gasteiger partial charge < -0.3 is 30.5 Å². The number of nitriles is 1. The van der Waals surface area contributed by atoms with Crippen molar-refractivity contribution in [3.05, 3.63) is 65.9 Å². The Morgan fingerprint density at radius 1 is 1.31 bits per heavy atom. The first-order chi connectivity index (χ1) is 20.5. The molecule has 1 aliphatic heterocycles. The van der Waals surface area contributed by atoms with Crippen LogP contribution in [0.1, 0.15) is 49.7 Å². The van der Waals surface area contributed by atoms with E-state index in [1.54, 1.807) is 18.2 Å². The highest BCUT2D eigenvalue weighted by Gasteiger charge is 2.21. The van der Waals surface area contributed by atoms with E-state index >= 15 is 0 Å². The molecule has 2 aromatic carbocycles. The molecule has 2 heterocycles. The number of nitrogens with one attached hydrogen (secondary N) is 3. The summed E-state index contributed by atoms with van der Waals surface area (Å²) in [4.78, 5) is 17.4. The molecule has 0 aliphatic carbocycles. The van der Waals surface area contributed by atoms with E-state index in [9.17, 15) is 15.2 Å². The van der Waals surface area contributed by atoms with Crippen LogP contribution >= 0.6 is 0 Å². The highest BCUT2D eigenvalue weighted by Crippen LogP contribution is 2.37. The number of aliphatic hydroxyl groups excluding tert-OH is 1. The van der Waals surface area contributed by atoms with Crippen molar-refractivity contribution in [1.82, 2.24) is 10.3 Å². The highest BCUT2D eigenvalue weighted by molar-refractivity contribution is 6.04. The van der Waals surface area contributed by atoms with E-state index in [1.165, 1.54) is 12.3 Å². The molecule has 0 radical (unpaired) electrons. The third-order valence-electron chi connectivity index (χ3n) is 6.97. The van der Waals surface area contributed by atoms with E-state index in [4.69, 9.17) is 15.9 Å². The minimum Gasteiger partial charge on any atom is -0.486 e. The van der Waals surface area contributed by atoms with Gasteiger partial charge in [-0.25, -0.2) is 0 Å². The molecule has 1 aromatic heterocycles. The first-order valence-electron chi connectivity index (χ1n) is 14.3. The van der Waals surface area contributed by atoms with Crippen LogP contribution in [0.2, 0.25) is 0 Å². The molecule has 218 valence electrons. The Bertz CT molecular complexity index is 1480. The number of carbonyl (C=O) groups is 1. The van der Waals surface area contributed by atoms with Crippen molar-refractivity contribution in [3.8, 4) is 24.2 Å². The molecule has 1 unspecified atom stereocenters. The maximum absolute atomic E-state index is 13.0. The van der Waals surface area contributed by atoms with E-state index in [0.29, 0.717) is 70.9 Å². The second-order valence-electron chi connectivity index (χ2n) is 10.2. The quantitative estimate of drug-likeness (QED) is 0.121. The lowest BCUT2D eigenvalue weighted by Gasteiger charge is -2.18. The van der Waals surface area contributed by atoms with Gasteiger partial charge in [0.05, 0.1) is 41.8 Å². The molecule has 0 bridgehead atoms. The Kier molecular flexibility index (Phi) is 11.3. The molecule has 4 N–H and O–H groups in total. The van der Waals surface area contributed by atoms with E-state index in [-0.39, 0.29) is 12.0 Å². The zero-order valence-corrected chi connectivity index (χ0v) is 23.9. The van der Waals surface area contributed by atoms with Gasteiger partial charge in [-0.1, -0.05) is 30.9 Å².